The topological polar surface area (TPSA) is 74.0 Å². The lowest BCUT2D eigenvalue weighted by molar-refractivity contribution is 0.0951. The molecule has 7 heteroatoms. The van der Waals surface area contributed by atoms with E-state index in [9.17, 15) is 4.79 Å². The van der Waals surface area contributed by atoms with Crippen LogP contribution in [0.5, 0.6) is 0 Å². The number of aryl methyl sites for hydroxylation is 3. The molecule has 0 aliphatic rings. The highest BCUT2D eigenvalue weighted by atomic mass is 16.5. The van der Waals surface area contributed by atoms with Gasteiger partial charge in [0, 0.05) is 45.3 Å². The third-order valence-corrected chi connectivity index (χ3v) is 3.29. The molecule has 0 spiro atoms. The monoisotopic (exact) mass is 291 g/mol. The zero-order valence-corrected chi connectivity index (χ0v) is 12.9. The first kappa shape index (κ1) is 15.2. The number of carbonyl (C=O) groups excluding carboxylic acids is 1. The summed E-state index contributed by atoms with van der Waals surface area (Å²) in [5.41, 5.74) is 2.39. The Morgan fingerprint density at radius 1 is 1.43 bits per heavy atom. The van der Waals surface area contributed by atoms with Gasteiger partial charge in [0.2, 0.25) is 0 Å². The lowest BCUT2D eigenvalue weighted by atomic mass is 10.2. The number of hydrogen-bond acceptors (Lipinski definition) is 4. The molecule has 0 unspecified atom stereocenters. The molecular weight excluding hydrogens is 270 g/mol. The van der Waals surface area contributed by atoms with Gasteiger partial charge in [0.1, 0.15) is 12.4 Å². The van der Waals surface area contributed by atoms with E-state index in [1.165, 1.54) is 0 Å². The summed E-state index contributed by atoms with van der Waals surface area (Å²) in [6.45, 7) is 5.46. The highest BCUT2D eigenvalue weighted by molar-refractivity contribution is 5.94. The molecule has 7 nitrogen and oxygen atoms in total. The number of nitrogens with one attached hydrogen (secondary N) is 1. The summed E-state index contributed by atoms with van der Waals surface area (Å²) in [6.07, 6.45) is 3.53. The Kier molecular flexibility index (Phi) is 4.74. The van der Waals surface area contributed by atoms with Crippen molar-refractivity contribution in [1.82, 2.24) is 24.6 Å². The van der Waals surface area contributed by atoms with Crippen molar-refractivity contribution in [2.24, 2.45) is 7.05 Å². The molecular formula is C14H21N5O2. The second-order valence-corrected chi connectivity index (χ2v) is 4.96. The van der Waals surface area contributed by atoms with Crippen molar-refractivity contribution in [1.29, 1.82) is 0 Å². The molecule has 2 rings (SSSR count). The fraction of sp³-hybridized carbons (Fsp3) is 0.500. The number of ether oxygens (including phenoxy) is 1. The highest BCUT2D eigenvalue weighted by Gasteiger charge is 2.12. The first-order valence-electron chi connectivity index (χ1n) is 6.81. The molecule has 2 aromatic heterocycles. The largest absolute Gasteiger partial charge is 0.377 e. The lowest BCUT2D eigenvalue weighted by Crippen LogP contribution is -2.28. The molecule has 0 saturated carbocycles. The summed E-state index contributed by atoms with van der Waals surface area (Å²) in [4.78, 5) is 16.4. The summed E-state index contributed by atoms with van der Waals surface area (Å²) >= 11 is 0. The van der Waals surface area contributed by atoms with Gasteiger partial charge in [-0.3, -0.25) is 9.48 Å². The number of hydrogen-bond donors (Lipinski definition) is 1. The number of nitrogens with zero attached hydrogens (tertiary/aromatic N) is 4. The normalized spacial score (nSPS) is 10.9. The number of imidazole rings is 1. The van der Waals surface area contributed by atoms with E-state index in [0.717, 1.165) is 17.2 Å². The van der Waals surface area contributed by atoms with Crippen molar-refractivity contribution < 1.29 is 9.53 Å². The quantitative estimate of drug-likeness (QED) is 0.854. The van der Waals surface area contributed by atoms with Crippen LogP contribution in [0.15, 0.2) is 12.4 Å². The van der Waals surface area contributed by atoms with E-state index in [1.54, 1.807) is 31.2 Å². The Morgan fingerprint density at radius 3 is 2.81 bits per heavy atom. The van der Waals surface area contributed by atoms with Crippen LogP contribution in [0.25, 0.3) is 0 Å². The molecule has 1 amide bonds. The zero-order valence-electron chi connectivity index (χ0n) is 12.9. The van der Waals surface area contributed by atoms with Crippen molar-refractivity contribution >= 4 is 5.91 Å². The summed E-state index contributed by atoms with van der Waals surface area (Å²) in [7, 11) is 3.44. The lowest BCUT2D eigenvalue weighted by Gasteiger charge is -2.10. The van der Waals surface area contributed by atoms with Gasteiger partial charge in [0.15, 0.2) is 0 Å². The molecule has 0 atom stereocenters. The van der Waals surface area contributed by atoms with Crippen LogP contribution in [0.4, 0.5) is 0 Å². The van der Waals surface area contributed by atoms with Crippen molar-refractivity contribution in [2.75, 3.05) is 13.7 Å². The van der Waals surface area contributed by atoms with Crippen molar-refractivity contribution in [2.45, 2.75) is 27.0 Å². The third kappa shape index (κ3) is 3.49. The summed E-state index contributed by atoms with van der Waals surface area (Å²) < 4.78 is 8.80. The minimum absolute atomic E-state index is 0.105. The zero-order chi connectivity index (χ0) is 15.4. The molecule has 0 aromatic carbocycles. The van der Waals surface area contributed by atoms with Crippen molar-refractivity contribution in [3.8, 4) is 0 Å². The molecule has 21 heavy (non-hydrogen) atoms. The average molecular weight is 291 g/mol. The molecule has 1 N–H and O–H groups in total. The summed E-state index contributed by atoms with van der Waals surface area (Å²) in [5, 5.41) is 7.07. The Bertz CT molecular complexity index is 629. The SMILES string of the molecule is COCc1ncc(C)n1CCNC(=O)c1cn(C)nc1C. The van der Waals surface area contributed by atoms with Crippen LogP contribution in [-0.2, 0) is 24.9 Å². The van der Waals surface area contributed by atoms with Gasteiger partial charge in [-0.25, -0.2) is 4.98 Å². The molecule has 2 heterocycles. The third-order valence-electron chi connectivity index (χ3n) is 3.29. The van der Waals surface area contributed by atoms with E-state index in [0.29, 0.717) is 25.3 Å². The van der Waals surface area contributed by atoms with Crippen LogP contribution < -0.4 is 5.32 Å². The molecule has 0 aliphatic carbocycles. The fourth-order valence-corrected chi connectivity index (χ4v) is 2.26. The van der Waals surface area contributed by atoms with Crippen LogP contribution >= 0.6 is 0 Å². The van der Waals surface area contributed by atoms with Crippen LogP contribution in [0.3, 0.4) is 0 Å². The number of rotatable bonds is 6. The van der Waals surface area contributed by atoms with Crippen molar-refractivity contribution in [3.05, 3.63) is 35.2 Å². The van der Waals surface area contributed by atoms with Gasteiger partial charge in [-0.1, -0.05) is 0 Å². The smallest absolute Gasteiger partial charge is 0.254 e. The van der Waals surface area contributed by atoms with E-state index >= 15 is 0 Å². The maximum Gasteiger partial charge on any atom is 0.254 e. The number of aromatic nitrogens is 4. The second-order valence-electron chi connectivity index (χ2n) is 4.96. The van der Waals surface area contributed by atoms with Gasteiger partial charge in [-0.05, 0) is 13.8 Å². The van der Waals surface area contributed by atoms with Gasteiger partial charge >= 0.3 is 0 Å². The second kappa shape index (κ2) is 6.53. The van der Waals surface area contributed by atoms with Gasteiger partial charge in [0.25, 0.3) is 5.91 Å². The van der Waals surface area contributed by atoms with E-state index < -0.39 is 0 Å². The molecule has 0 fully saturated rings. The summed E-state index contributed by atoms with van der Waals surface area (Å²) in [6, 6.07) is 0. The van der Waals surface area contributed by atoms with Gasteiger partial charge in [-0.15, -0.1) is 0 Å². The predicted octanol–water partition coefficient (Wildman–Crippen LogP) is 0.810. The molecule has 0 radical (unpaired) electrons. The number of methoxy groups -OCH3 is 1. The van der Waals surface area contributed by atoms with Crippen LogP contribution in [0.2, 0.25) is 0 Å². The van der Waals surface area contributed by atoms with Gasteiger partial charge in [-0.2, -0.15) is 5.10 Å². The van der Waals surface area contributed by atoms with Gasteiger partial charge in [0.05, 0.1) is 11.3 Å². The first-order chi connectivity index (χ1) is 10.0. The minimum atomic E-state index is -0.105. The number of carbonyl (C=O) groups is 1. The Morgan fingerprint density at radius 2 is 2.19 bits per heavy atom. The maximum atomic E-state index is 12.1. The Hall–Kier alpha value is -2.15. The van der Waals surface area contributed by atoms with Crippen molar-refractivity contribution in [3.63, 3.8) is 0 Å². The molecule has 2 aromatic rings. The fourth-order valence-electron chi connectivity index (χ4n) is 2.26. The molecule has 114 valence electrons. The average Bonchev–Trinajstić information content (AvgIpc) is 2.94. The molecule has 0 aliphatic heterocycles. The number of amides is 1. The standard InChI is InChI=1S/C14H21N5O2/c1-10-7-16-13(9-21-4)19(10)6-5-15-14(20)12-8-18(3)17-11(12)2/h7-8H,5-6,9H2,1-4H3,(H,15,20). The van der Waals surface area contributed by atoms with Gasteiger partial charge < -0.3 is 14.6 Å². The Labute approximate surface area is 123 Å². The van der Waals surface area contributed by atoms with E-state index in [1.807, 2.05) is 18.4 Å². The van der Waals surface area contributed by atoms with Crippen LogP contribution in [-0.4, -0.2) is 38.9 Å². The van der Waals surface area contributed by atoms with E-state index in [4.69, 9.17) is 4.74 Å². The highest BCUT2D eigenvalue weighted by Crippen LogP contribution is 2.06. The van der Waals surface area contributed by atoms with E-state index in [-0.39, 0.29) is 5.91 Å². The van der Waals surface area contributed by atoms with E-state index in [2.05, 4.69) is 15.4 Å². The summed E-state index contributed by atoms with van der Waals surface area (Å²) in [5.74, 6) is 0.758. The molecule has 0 bridgehead atoms. The molecule has 0 saturated heterocycles. The first-order valence-corrected chi connectivity index (χ1v) is 6.81. The van der Waals surface area contributed by atoms with Crippen LogP contribution in [0, 0.1) is 13.8 Å². The minimum Gasteiger partial charge on any atom is -0.377 e. The Balaban J connectivity index is 1.94. The predicted molar refractivity (Wildman–Crippen MR) is 78.0 cm³/mol. The van der Waals surface area contributed by atoms with Crippen LogP contribution in [0.1, 0.15) is 27.6 Å². The maximum absolute atomic E-state index is 12.1.